The smallest absolute Gasteiger partial charge is 0.247 e. The lowest BCUT2D eigenvalue weighted by Gasteiger charge is -2.28. The third-order valence-electron chi connectivity index (χ3n) is 3.87. The van der Waals surface area contributed by atoms with Gasteiger partial charge in [-0.1, -0.05) is 30.3 Å². The normalized spacial score (nSPS) is 18.3. The molecule has 0 aliphatic carbocycles. The number of carbonyl (C=O) groups excluding carboxylic acids is 2. The summed E-state index contributed by atoms with van der Waals surface area (Å²) in [4.78, 5) is 25.8. The Labute approximate surface area is 126 Å². The molecule has 1 aromatic carbocycles. The largest absolute Gasteiger partial charge is 0.342 e. The molecular formula is C17H24N2O2. The number of nitrogens with zero attached hydrogens (tertiary/aromatic N) is 1. The van der Waals surface area contributed by atoms with E-state index in [0.29, 0.717) is 13.0 Å². The molecule has 0 radical (unpaired) electrons. The molecule has 114 valence electrons. The highest BCUT2D eigenvalue weighted by Gasteiger charge is 2.35. The van der Waals surface area contributed by atoms with Crippen molar-refractivity contribution in [3.63, 3.8) is 0 Å². The van der Waals surface area contributed by atoms with Gasteiger partial charge in [0, 0.05) is 19.5 Å². The molecule has 1 aliphatic rings. The summed E-state index contributed by atoms with van der Waals surface area (Å²) in [6, 6.07) is 10.4. The van der Waals surface area contributed by atoms with Gasteiger partial charge in [0.2, 0.25) is 11.8 Å². The summed E-state index contributed by atoms with van der Waals surface area (Å²) < 4.78 is 0. The fourth-order valence-corrected chi connectivity index (χ4v) is 2.69. The molecule has 1 heterocycles. The Bertz CT molecular complexity index is 497. The number of carbonyl (C=O) groups is 2. The molecule has 21 heavy (non-hydrogen) atoms. The second-order valence-electron chi connectivity index (χ2n) is 6.16. The summed E-state index contributed by atoms with van der Waals surface area (Å²) in [5, 5.41) is 2.78. The van der Waals surface area contributed by atoms with Crippen LogP contribution in [-0.2, 0) is 16.0 Å². The molecule has 0 bridgehead atoms. The first-order valence-electron chi connectivity index (χ1n) is 7.63. The molecule has 0 spiro atoms. The van der Waals surface area contributed by atoms with E-state index in [1.165, 1.54) is 5.56 Å². The predicted octanol–water partition coefficient (Wildman–Crippen LogP) is 2.14. The molecule has 4 heteroatoms. The number of nitrogens with one attached hydrogen (secondary N) is 1. The van der Waals surface area contributed by atoms with E-state index in [2.05, 4.69) is 17.4 Å². The number of hydrogen-bond donors (Lipinski definition) is 1. The second-order valence-corrected chi connectivity index (χ2v) is 6.16. The van der Waals surface area contributed by atoms with Gasteiger partial charge in [0.15, 0.2) is 0 Å². The molecule has 1 aliphatic heterocycles. The third-order valence-corrected chi connectivity index (χ3v) is 3.87. The summed E-state index contributed by atoms with van der Waals surface area (Å²) in [5.74, 6) is -0.0202. The van der Waals surface area contributed by atoms with Crippen molar-refractivity contribution in [2.24, 2.45) is 0 Å². The zero-order valence-electron chi connectivity index (χ0n) is 12.9. The number of benzene rings is 1. The molecule has 2 amide bonds. The first-order valence-corrected chi connectivity index (χ1v) is 7.63. The van der Waals surface area contributed by atoms with Gasteiger partial charge in [-0.2, -0.15) is 0 Å². The van der Waals surface area contributed by atoms with E-state index in [4.69, 9.17) is 0 Å². The topological polar surface area (TPSA) is 49.4 Å². The van der Waals surface area contributed by atoms with Crippen LogP contribution in [0.3, 0.4) is 0 Å². The molecule has 1 aromatic rings. The molecule has 2 rings (SSSR count). The van der Waals surface area contributed by atoms with Crippen LogP contribution in [0.25, 0.3) is 0 Å². The van der Waals surface area contributed by atoms with Crippen molar-refractivity contribution >= 4 is 11.8 Å². The lowest BCUT2D eigenvalue weighted by Crippen LogP contribution is -2.52. The van der Waals surface area contributed by atoms with E-state index in [0.717, 1.165) is 25.8 Å². The summed E-state index contributed by atoms with van der Waals surface area (Å²) >= 11 is 0. The standard InChI is InChI=1S/C17H24N2O2/c1-17(2)16(21)19(13-11-15(20)18-17)12-7-6-10-14-8-4-3-5-9-14/h3-5,8-9H,6-7,10-13H2,1-2H3,(H,18,20). The zero-order valence-corrected chi connectivity index (χ0v) is 12.9. The lowest BCUT2D eigenvalue weighted by atomic mass is 10.0. The van der Waals surface area contributed by atoms with Crippen molar-refractivity contribution < 1.29 is 9.59 Å². The van der Waals surface area contributed by atoms with E-state index < -0.39 is 5.54 Å². The molecule has 1 N–H and O–H groups in total. The summed E-state index contributed by atoms with van der Waals surface area (Å²) in [6.07, 6.45) is 3.44. The van der Waals surface area contributed by atoms with E-state index >= 15 is 0 Å². The molecule has 0 aromatic heterocycles. The Balaban J connectivity index is 1.82. The Hall–Kier alpha value is -1.84. The minimum Gasteiger partial charge on any atom is -0.342 e. The third kappa shape index (κ3) is 4.31. The van der Waals surface area contributed by atoms with Crippen LogP contribution in [0.2, 0.25) is 0 Å². The molecule has 0 saturated carbocycles. The molecule has 0 unspecified atom stereocenters. The van der Waals surface area contributed by atoms with Crippen LogP contribution >= 0.6 is 0 Å². The minimum atomic E-state index is -0.785. The lowest BCUT2D eigenvalue weighted by molar-refractivity contribution is -0.137. The number of hydrogen-bond acceptors (Lipinski definition) is 2. The highest BCUT2D eigenvalue weighted by atomic mass is 16.2. The maximum atomic E-state index is 12.4. The molecule has 4 nitrogen and oxygen atoms in total. The highest BCUT2D eigenvalue weighted by Crippen LogP contribution is 2.14. The Kier molecular flexibility index (Phi) is 4.99. The zero-order chi connectivity index (χ0) is 15.3. The SMILES string of the molecule is CC1(C)NC(=O)CCN(CCCCc2ccccc2)C1=O. The Morgan fingerprint density at radius 3 is 2.57 bits per heavy atom. The van der Waals surface area contributed by atoms with Crippen LogP contribution in [0, 0.1) is 0 Å². The molecule has 1 fully saturated rings. The maximum Gasteiger partial charge on any atom is 0.247 e. The maximum absolute atomic E-state index is 12.4. The van der Waals surface area contributed by atoms with Gasteiger partial charge in [-0.3, -0.25) is 9.59 Å². The monoisotopic (exact) mass is 288 g/mol. The number of unbranched alkanes of at least 4 members (excludes halogenated alkanes) is 1. The van der Waals surface area contributed by atoms with Crippen LogP contribution in [0.5, 0.6) is 0 Å². The quantitative estimate of drug-likeness (QED) is 0.844. The molecular weight excluding hydrogens is 264 g/mol. The van der Waals surface area contributed by atoms with Gasteiger partial charge < -0.3 is 10.2 Å². The number of rotatable bonds is 5. The van der Waals surface area contributed by atoms with E-state index in [9.17, 15) is 9.59 Å². The molecule has 1 saturated heterocycles. The average molecular weight is 288 g/mol. The number of aryl methyl sites for hydroxylation is 1. The van der Waals surface area contributed by atoms with E-state index in [-0.39, 0.29) is 11.8 Å². The minimum absolute atomic E-state index is 0.0214. The number of amides is 2. The van der Waals surface area contributed by atoms with Crippen LogP contribution < -0.4 is 5.32 Å². The Morgan fingerprint density at radius 1 is 1.14 bits per heavy atom. The van der Waals surface area contributed by atoms with Gasteiger partial charge in [-0.05, 0) is 38.7 Å². The first kappa shape index (κ1) is 15.5. The summed E-state index contributed by atoms with van der Waals surface area (Å²) in [5.41, 5.74) is 0.546. The first-order chi connectivity index (χ1) is 9.99. The van der Waals surface area contributed by atoms with Crippen LogP contribution in [-0.4, -0.2) is 35.3 Å². The van der Waals surface area contributed by atoms with Crippen LogP contribution in [0.15, 0.2) is 30.3 Å². The molecule has 0 atom stereocenters. The van der Waals surface area contributed by atoms with Gasteiger partial charge in [0.1, 0.15) is 5.54 Å². The van der Waals surface area contributed by atoms with Crippen molar-refractivity contribution in [1.29, 1.82) is 0 Å². The van der Waals surface area contributed by atoms with Crippen LogP contribution in [0.4, 0.5) is 0 Å². The van der Waals surface area contributed by atoms with Gasteiger partial charge in [-0.25, -0.2) is 0 Å². The second kappa shape index (κ2) is 6.74. The van der Waals surface area contributed by atoms with Crippen molar-refractivity contribution in [1.82, 2.24) is 10.2 Å². The van der Waals surface area contributed by atoms with Crippen molar-refractivity contribution in [2.45, 2.75) is 45.1 Å². The van der Waals surface area contributed by atoms with Crippen LogP contribution in [0.1, 0.15) is 38.7 Å². The fourth-order valence-electron chi connectivity index (χ4n) is 2.69. The average Bonchev–Trinajstić information content (AvgIpc) is 2.55. The van der Waals surface area contributed by atoms with Gasteiger partial charge in [0.25, 0.3) is 0 Å². The summed E-state index contributed by atoms with van der Waals surface area (Å²) in [7, 11) is 0. The van der Waals surface area contributed by atoms with Gasteiger partial charge >= 0.3 is 0 Å². The highest BCUT2D eigenvalue weighted by molar-refractivity contribution is 5.92. The fraction of sp³-hybridized carbons (Fsp3) is 0.529. The summed E-state index contributed by atoms with van der Waals surface area (Å²) in [6.45, 7) is 4.80. The van der Waals surface area contributed by atoms with Crippen molar-refractivity contribution in [3.05, 3.63) is 35.9 Å². The van der Waals surface area contributed by atoms with Gasteiger partial charge in [-0.15, -0.1) is 0 Å². The van der Waals surface area contributed by atoms with E-state index in [1.54, 1.807) is 13.8 Å². The van der Waals surface area contributed by atoms with E-state index in [1.807, 2.05) is 23.1 Å². The Morgan fingerprint density at radius 2 is 1.86 bits per heavy atom. The predicted molar refractivity (Wildman–Crippen MR) is 82.8 cm³/mol. The van der Waals surface area contributed by atoms with Crippen molar-refractivity contribution in [2.75, 3.05) is 13.1 Å². The van der Waals surface area contributed by atoms with Gasteiger partial charge in [0.05, 0.1) is 0 Å². The van der Waals surface area contributed by atoms with Crippen molar-refractivity contribution in [3.8, 4) is 0 Å².